The van der Waals surface area contributed by atoms with Crippen molar-refractivity contribution < 1.29 is 4.79 Å². The van der Waals surface area contributed by atoms with Crippen molar-refractivity contribution in [2.24, 2.45) is 0 Å². The summed E-state index contributed by atoms with van der Waals surface area (Å²) in [5.41, 5.74) is 1.90. The van der Waals surface area contributed by atoms with Crippen molar-refractivity contribution in [1.29, 1.82) is 5.26 Å². The van der Waals surface area contributed by atoms with E-state index in [-0.39, 0.29) is 18.0 Å². The fourth-order valence-electron chi connectivity index (χ4n) is 2.71. The molecule has 0 spiro atoms. The van der Waals surface area contributed by atoms with Crippen molar-refractivity contribution in [3.05, 3.63) is 57.0 Å². The second-order valence-corrected chi connectivity index (χ2v) is 6.79. The number of aryl methyl sites for hydroxylation is 2. The molecule has 126 valence electrons. The van der Waals surface area contributed by atoms with Crippen LogP contribution in [0.5, 0.6) is 0 Å². The molecule has 3 rings (SSSR count). The van der Waals surface area contributed by atoms with Crippen LogP contribution < -0.4 is 10.9 Å². The van der Waals surface area contributed by atoms with Crippen LogP contribution in [0.25, 0.3) is 10.2 Å². The van der Waals surface area contributed by atoms with Crippen molar-refractivity contribution in [2.45, 2.75) is 26.8 Å². The van der Waals surface area contributed by atoms with E-state index in [0.717, 1.165) is 16.9 Å². The number of thiophene rings is 1. The van der Waals surface area contributed by atoms with Gasteiger partial charge in [0.25, 0.3) is 5.56 Å². The number of hydrogen-bond donors (Lipinski definition) is 1. The number of amides is 1. The number of fused-ring (bicyclic) bond motifs is 1. The summed E-state index contributed by atoms with van der Waals surface area (Å²) in [4.78, 5) is 31.0. The van der Waals surface area contributed by atoms with Gasteiger partial charge in [0, 0.05) is 10.6 Å². The predicted octanol–water partition coefficient (Wildman–Crippen LogP) is 2.84. The maximum absolute atomic E-state index is 12.7. The summed E-state index contributed by atoms with van der Waals surface area (Å²) in [6.45, 7) is 3.87. The quantitative estimate of drug-likeness (QED) is 0.782. The molecule has 2 aromatic heterocycles. The zero-order valence-electron chi connectivity index (χ0n) is 13.9. The minimum Gasteiger partial charge on any atom is -0.325 e. The smallest absolute Gasteiger partial charge is 0.262 e. The molecule has 0 atom stereocenters. The summed E-state index contributed by atoms with van der Waals surface area (Å²) in [6, 6.07) is 8.57. The molecule has 0 saturated carbocycles. The molecular weight excluding hydrogens is 336 g/mol. The Hall–Kier alpha value is -2.98. The zero-order chi connectivity index (χ0) is 18.0. The number of nitriles is 1. The van der Waals surface area contributed by atoms with Crippen molar-refractivity contribution >= 4 is 33.1 Å². The molecule has 1 amide bonds. The van der Waals surface area contributed by atoms with Gasteiger partial charge in [-0.1, -0.05) is 6.92 Å². The number of carbonyl (C=O) groups excluding carboxylic acids is 1. The van der Waals surface area contributed by atoms with Gasteiger partial charge < -0.3 is 5.32 Å². The van der Waals surface area contributed by atoms with Crippen molar-refractivity contribution in [2.75, 3.05) is 5.32 Å². The Balaban J connectivity index is 1.84. The highest BCUT2D eigenvalue weighted by Gasteiger charge is 2.15. The van der Waals surface area contributed by atoms with Gasteiger partial charge in [0.05, 0.1) is 23.3 Å². The molecule has 0 fully saturated rings. The largest absolute Gasteiger partial charge is 0.325 e. The van der Waals surface area contributed by atoms with Crippen LogP contribution >= 0.6 is 11.3 Å². The molecule has 6 nitrogen and oxygen atoms in total. The molecule has 0 unspecified atom stereocenters. The Kier molecular flexibility index (Phi) is 4.63. The summed E-state index contributed by atoms with van der Waals surface area (Å²) in [7, 11) is 0. The lowest BCUT2D eigenvalue weighted by atomic mass is 10.1. The van der Waals surface area contributed by atoms with E-state index >= 15 is 0 Å². The first-order chi connectivity index (χ1) is 12.0. The van der Waals surface area contributed by atoms with E-state index in [9.17, 15) is 9.59 Å². The molecule has 0 bridgehead atoms. The summed E-state index contributed by atoms with van der Waals surface area (Å²) < 4.78 is 1.33. The van der Waals surface area contributed by atoms with Crippen molar-refractivity contribution in [1.82, 2.24) is 9.55 Å². The number of anilines is 1. The predicted molar refractivity (Wildman–Crippen MR) is 97.8 cm³/mol. The summed E-state index contributed by atoms with van der Waals surface area (Å²) in [6.07, 6.45) is 2.17. The summed E-state index contributed by atoms with van der Waals surface area (Å²) in [5.74, 6) is -0.321. The van der Waals surface area contributed by atoms with E-state index in [2.05, 4.69) is 10.3 Å². The maximum atomic E-state index is 12.7. The Morgan fingerprint density at radius 3 is 2.72 bits per heavy atom. The lowest BCUT2D eigenvalue weighted by Crippen LogP contribution is -2.28. The topological polar surface area (TPSA) is 87.8 Å². The second-order valence-electron chi connectivity index (χ2n) is 5.59. The van der Waals surface area contributed by atoms with Gasteiger partial charge in [-0.25, -0.2) is 4.98 Å². The van der Waals surface area contributed by atoms with E-state index in [1.807, 2.05) is 19.9 Å². The third kappa shape index (κ3) is 3.30. The first-order valence-corrected chi connectivity index (χ1v) is 8.62. The van der Waals surface area contributed by atoms with Gasteiger partial charge in [0.15, 0.2) is 0 Å². The number of hydrogen-bond acceptors (Lipinski definition) is 5. The average molecular weight is 352 g/mol. The Morgan fingerprint density at radius 2 is 2.08 bits per heavy atom. The molecule has 0 aliphatic carbocycles. The molecule has 0 radical (unpaired) electrons. The Morgan fingerprint density at radius 1 is 1.36 bits per heavy atom. The molecule has 0 aliphatic heterocycles. The van der Waals surface area contributed by atoms with Gasteiger partial charge in [-0.05, 0) is 43.2 Å². The van der Waals surface area contributed by atoms with Crippen LogP contribution in [0.4, 0.5) is 5.69 Å². The number of aromatic nitrogens is 2. The average Bonchev–Trinajstić information content (AvgIpc) is 2.94. The normalized spacial score (nSPS) is 10.6. The highest BCUT2D eigenvalue weighted by Crippen LogP contribution is 2.26. The minimum atomic E-state index is -0.321. The molecule has 2 heterocycles. The third-order valence-electron chi connectivity index (χ3n) is 3.94. The molecule has 7 heteroatoms. The number of benzene rings is 1. The molecular formula is C18H16N4O2S. The zero-order valence-corrected chi connectivity index (χ0v) is 14.7. The molecule has 1 N–H and O–H groups in total. The van der Waals surface area contributed by atoms with E-state index in [1.165, 1.54) is 22.2 Å². The standard InChI is InChI=1S/C18H16N4O2S/c1-3-14-11(2)25-17-16(14)18(24)22(10-20-17)9-15(23)21-13-6-4-12(8-19)5-7-13/h4-7,10H,3,9H2,1-2H3,(H,21,23). The lowest BCUT2D eigenvalue weighted by molar-refractivity contribution is -0.116. The van der Waals surface area contributed by atoms with Gasteiger partial charge in [-0.15, -0.1) is 11.3 Å². The number of rotatable bonds is 4. The second kappa shape index (κ2) is 6.87. The van der Waals surface area contributed by atoms with Crippen LogP contribution in [0, 0.1) is 18.3 Å². The van der Waals surface area contributed by atoms with E-state index < -0.39 is 0 Å². The van der Waals surface area contributed by atoms with Crippen molar-refractivity contribution in [3.63, 3.8) is 0 Å². The molecule has 3 aromatic rings. The minimum absolute atomic E-state index is 0.111. The van der Waals surface area contributed by atoms with Gasteiger partial charge >= 0.3 is 0 Å². The Labute approximate surface area is 148 Å². The van der Waals surface area contributed by atoms with Crippen LogP contribution in [0.3, 0.4) is 0 Å². The molecule has 0 saturated heterocycles. The number of carbonyl (C=O) groups is 1. The fourth-order valence-corrected chi connectivity index (χ4v) is 3.79. The first kappa shape index (κ1) is 16.9. The SMILES string of the molecule is CCc1c(C)sc2ncn(CC(=O)Nc3ccc(C#N)cc3)c(=O)c12. The molecule has 25 heavy (non-hydrogen) atoms. The van der Waals surface area contributed by atoms with E-state index in [4.69, 9.17) is 5.26 Å². The Bertz CT molecular complexity index is 1040. The van der Waals surface area contributed by atoms with Gasteiger partial charge in [0.2, 0.25) is 5.91 Å². The first-order valence-electron chi connectivity index (χ1n) is 7.81. The van der Waals surface area contributed by atoms with Crippen LogP contribution in [0.2, 0.25) is 0 Å². The van der Waals surface area contributed by atoms with Gasteiger partial charge in [-0.3, -0.25) is 14.2 Å². The van der Waals surface area contributed by atoms with Gasteiger partial charge in [0.1, 0.15) is 11.4 Å². The van der Waals surface area contributed by atoms with E-state index in [0.29, 0.717) is 21.5 Å². The van der Waals surface area contributed by atoms with Crippen molar-refractivity contribution in [3.8, 4) is 6.07 Å². The fraction of sp³-hybridized carbons (Fsp3) is 0.222. The number of nitrogens with zero attached hydrogens (tertiary/aromatic N) is 3. The van der Waals surface area contributed by atoms with Crippen LogP contribution in [0.15, 0.2) is 35.4 Å². The lowest BCUT2D eigenvalue weighted by Gasteiger charge is -2.07. The van der Waals surface area contributed by atoms with Crippen LogP contribution in [0.1, 0.15) is 22.9 Å². The highest BCUT2D eigenvalue weighted by molar-refractivity contribution is 7.18. The molecule has 0 aliphatic rings. The maximum Gasteiger partial charge on any atom is 0.262 e. The van der Waals surface area contributed by atoms with Crippen LogP contribution in [-0.2, 0) is 17.8 Å². The number of nitrogens with one attached hydrogen (secondary N) is 1. The summed E-state index contributed by atoms with van der Waals surface area (Å²) in [5, 5.41) is 12.1. The monoisotopic (exact) mass is 352 g/mol. The molecule has 1 aromatic carbocycles. The van der Waals surface area contributed by atoms with Gasteiger partial charge in [-0.2, -0.15) is 5.26 Å². The third-order valence-corrected chi connectivity index (χ3v) is 5.00. The highest BCUT2D eigenvalue weighted by atomic mass is 32.1. The van der Waals surface area contributed by atoms with Crippen LogP contribution in [-0.4, -0.2) is 15.5 Å². The van der Waals surface area contributed by atoms with E-state index in [1.54, 1.807) is 24.3 Å². The summed E-state index contributed by atoms with van der Waals surface area (Å²) >= 11 is 1.50.